The van der Waals surface area contributed by atoms with E-state index in [0.29, 0.717) is 17.0 Å². The standard InChI is InChI=1S/C17H19N5O5/c1-26-10-4-2-9(3-5-10)21-15-12-16(19-7-18-15)22(8-20-12)17-14(25)13(24)11(6-23)27-17/h2-5,7-8,11,13-14,17,23-25H,6H2,1H3,(H,18,19,21)/t11-,13+,14+,17+/m0/s1. The van der Waals surface area contributed by atoms with Crippen LogP contribution in [0, 0.1) is 0 Å². The molecule has 0 bridgehead atoms. The number of ether oxygens (including phenoxy) is 2. The molecule has 4 atom stereocenters. The van der Waals surface area contributed by atoms with Gasteiger partial charge in [-0.15, -0.1) is 0 Å². The molecule has 0 amide bonds. The normalized spacial score (nSPS) is 25.0. The molecule has 27 heavy (non-hydrogen) atoms. The summed E-state index contributed by atoms with van der Waals surface area (Å²) in [7, 11) is 1.60. The molecule has 4 rings (SSSR count). The number of hydrogen-bond donors (Lipinski definition) is 4. The first-order chi connectivity index (χ1) is 13.1. The van der Waals surface area contributed by atoms with Crippen LogP contribution < -0.4 is 10.1 Å². The van der Waals surface area contributed by atoms with Crippen molar-refractivity contribution in [1.82, 2.24) is 19.5 Å². The van der Waals surface area contributed by atoms with Gasteiger partial charge in [0.2, 0.25) is 0 Å². The third-order valence-electron chi connectivity index (χ3n) is 4.50. The fraction of sp³-hybridized carbons (Fsp3) is 0.353. The van der Waals surface area contributed by atoms with Crippen LogP contribution in [0.1, 0.15) is 6.23 Å². The molecule has 0 unspecified atom stereocenters. The predicted octanol–water partition coefficient (Wildman–Crippen LogP) is 0.190. The number of imidazole rings is 1. The Labute approximate surface area is 154 Å². The first-order valence-corrected chi connectivity index (χ1v) is 8.33. The van der Waals surface area contributed by atoms with Crippen molar-refractivity contribution in [3.8, 4) is 5.75 Å². The second-order valence-electron chi connectivity index (χ2n) is 6.13. The summed E-state index contributed by atoms with van der Waals surface area (Å²) in [6.45, 7) is -0.402. The average molecular weight is 373 g/mol. The molecule has 0 aliphatic carbocycles. The SMILES string of the molecule is COc1ccc(Nc2ncnc3c2ncn3[C@@H]2O[C@@H](CO)[C@@H](O)[C@H]2O)cc1. The second kappa shape index (κ2) is 7.08. The monoisotopic (exact) mass is 373 g/mol. The summed E-state index contributed by atoms with van der Waals surface area (Å²) < 4.78 is 12.2. The largest absolute Gasteiger partial charge is 0.497 e. The highest BCUT2D eigenvalue weighted by atomic mass is 16.6. The van der Waals surface area contributed by atoms with Crippen LogP contribution in [0.5, 0.6) is 5.75 Å². The minimum atomic E-state index is -1.22. The van der Waals surface area contributed by atoms with E-state index in [2.05, 4.69) is 20.3 Å². The first-order valence-electron chi connectivity index (χ1n) is 8.33. The molecule has 0 spiro atoms. The molecule has 1 aliphatic rings. The molecule has 3 aromatic rings. The molecular formula is C17H19N5O5. The van der Waals surface area contributed by atoms with E-state index in [0.717, 1.165) is 11.4 Å². The van der Waals surface area contributed by atoms with E-state index in [-0.39, 0.29) is 0 Å². The molecule has 1 aromatic carbocycles. The van der Waals surface area contributed by atoms with E-state index in [9.17, 15) is 15.3 Å². The van der Waals surface area contributed by atoms with Gasteiger partial charge in [-0.25, -0.2) is 15.0 Å². The lowest BCUT2D eigenvalue weighted by atomic mass is 10.1. The molecule has 1 saturated heterocycles. The van der Waals surface area contributed by atoms with Gasteiger partial charge in [0.1, 0.15) is 30.4 Å². The third-order valence-corrected chi connectivity index (χ3v) is 4.50. The zero-order valence-corrected chi connectivity index (χ0v) is 14.4. The van der Waals surface area contributed by atoms with Gasteiger partial charge in [-0.2, -0.15) is 0 Å². The highest BCUT2D eigenvalue weighted by Crippen LogP contribution is 2.32. The van der Waals surface area contributed by atoms with Gasteiger partial charge < -0.3 is 30.1 Å². The van der Waals surface area contributed by atoms with Gasteiger partial charge in [0, 0.05) is 5.69 Å². The Morgan fingerprint density at radius 2 is 1.93 bits per heavy atom. The van der Waals surface area contributed by atoms with E-state index in [4.69, 9.17) is 9.47 Å². The number of fused-ring (bicyclic) bond motifs is 1. The lowest BCUT2D eigenvalue weighted by Crippen LogP contribution is -2.33. The molecule has 4 N–H and O–H groups in total. The fourth-order valence-electron chi connectivity index (χ4n) is 3.05. The summed E-state index contributed by atoms with van der Waals surface area (Å²) in [6.07, 6.45) is -1.37. The first kappa shape index (κ1) is 17.6. The van der Waals surface area contributed by atoms with E-state index in [1.165, 1.54) is 17.2 Å². The van der Waals surface area contributed by atoms with Gasteiger partial charge >= 0.3 is 0 Å². The van der Waals surface area contributed by atoms with Crippen molar-refractivity contribution in [1.29, 1.82) is 0 Å². The van der Waals surface area contributed by atoms with Gasteiger partial charge in [-0.1, -0.05) is 0 Å². The summed E-state index contributed by atoms with van der Waals surface area (Å²) >= 11 is 0. The summed E-state index contributed by atoms with van der Waals surface area (Å²) in [6, 6.07) is 7.32. The number of aliphatic hydroxyl groups excluding tert-OH is 3. The smallest absolute Gasteiger partial charge is 0.167 e. The third kappa shape index (κ3) is 3.08. The summed E-state index contributed by atoms with van der Waals surface area (Å²) in [5, 5.41) is 32.6. The number of benzene rings is 1. The van der Waals surface area contributed by atoms with Crippen LogP contribution in [0.4, 0.5) is 11.5 Å². The number of nitrogens with one attached hydrogen (secondary N) is 1. The van der Waals surface area contributed by atoms with Crippen LogP contribution in [0.15, 0.2) is 36.9 Å². The highest BCUT2D eigenvalue weighted by molar-refractivity contribution is 5.85. The zero-order chi connectivity index (χ0) is 19.0. The van der Waals surface area contributed by atoms with Crippen molar-refractivity contribution >= 4 is 22.7 Å². The van der Waals surface area contributed by atoms with Crippen molar-refractivity contribution in [3.63, 3.8) is 0 Å². The lowest BCUT2D eigenvalue weighted by Gasteiger charge is -2.16. The number of aliphatic hydroxyl groups is 3. The van der Waals surface area contributed by atoms with Crippen molar-refractivity contribution in [2.75, 3.05) is 19.0 Å². The Kier molecular flexibility index (Phi) is 4.62. The summed E-state index contributed by atoms with van der Waals surface area (Å²) in [4.78, 5) is 12.8. The van der Waals surface area contributed by atoms with E-state index in [1.807, 2.05) is 24.3 Å². The lowest BCUT2D eigenvalue weighted by molar-refractivity contribution is -0.0511. The molecule has 1 aliphatic heterocycles. The average Bonchev–Trinajstić information content (AvgIpc) is 3.25. The topological polar surface area (TPSA) is 135 Å². The summed E-state index contributed by atoms with van der Waals surface area (Å²) in [5.74, 6) is 1.22. The molecule has 3 heterocycles. The van der Waals surface area contributed by atoms with Crippen LogP contribution in [0.3, 0.4) is 0 Å². The van der Waals surface area contributed by atoms with Gasteiger partial charge in [0.05, 0.1) is 20.0 Å². The zero-order valence-electron chi connectivity index (χ0n) is 14.4. The van der Waals surface area contributed by atoms with Crippen molar-refractivity contribution in [2.24, 2.45) is 0 Å². The minimum Gasteiger partial charge on any atom is -0.497 e. The van der Waals surface area contributed by atoms with Gasteiger partial charge in [0.15, 0.2) is 23.2 Å². The van der Waals surface area contributed by atoms with Crippen molar-refractivity contribution < 1.29 is 24.8 Å². The Bertz CT molecular complexity index is 931. The Morgan fingerprint density at radius 3 is 2.59 bits per heavy atom. The quantitative estimate of drug-likeness (QED) is 0.494. The highest BCUT2D eigenvalue weighted by Gasteiger charge is 2.44. The summed E-state index contributed by atoms with van der Waals surface area (Å²) in [5.41, 5.74) is 1.69. The molecule has 1 fully saturated rings. The van der Waals surface area contributed by atoms with E-state index in [1.54, 1.807) is 7.11 Å². The number of nitrogens with zero attached hydrogens (tertiary/aromatic N) is 4. The van der Waals surface area contributed by atoms with Crippen molar-refractivity contribution in [2.45, 2.75) is 24.5 Å². The molecule has 2 aromatic heterocycles. The van der Waals surface area contributed by atoms with Gasteiger partial charge in [0.25, 0.3) is 0 Å². The molecule has 10 nitrogen and oxygen atoms in total. The van der Waals surface area contributed by atoms with Crippen LogP contribution in [-0.2, 0) is 4.74 Å². The number of methoxy groups -OCH3 is 1. The molecule has 142 valence electrons. The number of aromatic nitrogens is 4. The number of anilines is 2. The fourth-order valence-corrected chi connectivity index (χ4v) is 3.05. The van der Waals surface area contributed by atoms with Crippen LogP contribution in [0.25, 0.3) is 11.2 Å². The molecular weight excluding hydrogens is 354 g/mol. The van der Waals surface area contributed by atoms with Crippen LogP contribution >= 0.6 is 0 Å². The van der Waals surface area contributed by atoms with Gasteiger partial charge in [-0.3, -0.25) is 4.57 Å². The molecule has 0 saturated carbocycles. The second-order valence-corrected chi connectivity index (χ2v) is 6.13. The minimum absolute atomic E-state index is 0.402. The van der Waals surface area contributed by atoms with Gasteiger partial charge in [-0.05, 0) is 24.3 Å². The Morgan fingerprint density at radius 1 is 1.15 bits per heavy atom. The molecule has 10 heteroatoms. The Hall–Kier alpha value is -2.79. The molecule has 0 radical (unpaired) electrons. The van der Waals surface area contributed by atoms with E-state index < -0.39 is 31.1 Å². The predicted molar refractivity (Wildman–Crippen MR) is 94.6 cm³/mol. The maximum absolute atomic E-state index is 10.2. The number of rotatable bonds is 5. The van der Waals surface area contributed by atoms with E-state index >= 15 is 0 Å². The number of hydrogen-bond acceptors (Lipinski definition) is 9. The maximum Gasteiger partial charge on any atom is 0.167 e. The van der Waals surface area contributed by atoms with Crippen molar-refractivity contribution in [3.05, 3.63) is 36.9 Å². The Balaban J connectivity index is 1.65. The van der Waals surface area contributed by atoms with Crippen LogP contribution in [0.2, 0.25) is 0 Å². The van der Waals surface area contributed by atoms with Crippen LogP contribution in [-0.4, -0.2) is 66.9 Å². The maximum atomic E-state index is 10.2.